The first-order valence-electron chi connectivity index (χ1n) is 13.4. The molecule has 2 N–H and O–H groups in total. The van der Waals surface area contributed by atoms with Gasteiger partial charge in [0.1, 0.15) is 4.88 Å². The van der Waals surface area contributed by atoms with Crippen molar-refractivity contribution in [1.29, 1.82) is 0 Å². The summed E-state index contributed by atoms with van der Waals surface area (Å²) >= 11 is 1.47. The second kappa shape index (κ2) is 9.98. The van der Waals surface area contributed by atoms with E-state index in [1.165, 1.54) is 11.3 Å². The van der Waals surface area contributed by atoms with Crippen molar-refractivity contribution in [3.63, 3.8) is 0 Å². The zero-order valence-corrected chi connectivity index (χ0v) is 23.0. The second-order valence-corrected chi connectivity index (χ2v) is 12.2. The number of amides is 2. The lowest BCUT2D eigenvalue weighted by molar-refractivity contribution is 0.0630. The number of rotatable bonds is 6. The summed E-state index contributed by atoms with van der Waals surface area (Å²) in [5.41, 5.74) is 3.45. The summed E-state index contributed by atoms with van der Waals surface area (Å²) in [4.78, 5) is 39.4. The Morgan fingerprint density at radius 2 is 2.16 bits per heavy atom. The van der Waals surface area contributed by atoms with E-state index in [4.69, 9.17) is 14.5 Å². The number of aromatic nitrogens is 2. The maximum Gasteiger partial charge on any atom is 0.263 e. The number of fused-ring (bicyclic) bond motifs is 2. The van der Waals surface area contributed by atoms with Crippen LogP contribution in [0.15, 0.2) is 24.4 Å². The number of nitrogens with one attached hydrogen (secondary N) is 2. The summed E-state index contributed by atoms with van der Waals surface area (Å²) in [6, 6.07) is 6.15. The Bertz CT molecular complexity index is 1360. The van der Waals surface area contributed by atoms with E-state index < -0.39 is 0 Å². The van der Waals surface area contributed by atoms with Gasteiger partial charge in [-0.1, -0.05) is 11.3 Å². The van der Waals surface area contributed by atoms with Gasteiger partial charge in [0, 0.05) is 54.8 Å². The lowest BCUT2D eigenvalue weighted by atomic mass is 9.94. The molecule has 0 unspecified atom stereocenters. The van der Waals surface area contributed by atoms with E-state index in [0.29, 0.717) is 30.3 Å². The molecular weight excluding hydrogens is 502 g/mol. The van der Waals surface area contributed by atoms with E-state index in [1.54, 1.807) is 7.11 Å². The van der Waals surface area contributed by atoms with Crippen LogP contribution < -0.4 is 10.2 Å². The second-order valence-electron chi connectivity index (χ2n) is 11.2. The van der Waals surface area contributed by atoms with Gasteiger partial charge >= 0.3 is 0 Å². The Kier molecular flexibility index (Phi) is 6.65. The summed E-state index contributed by atoms with van der Waals surface area (Å²) in [6.07, 6.45) is 5.50. The first-order chi connectivity index (χ1) is 18.3. The normalized spacial score (nSPS) is 23.1. The standard InChI is InChI=1S/C28H35N5O4S/c1-28(2)13-23-24(25(34)31-28)38-27(30-23)33-9-10-37-16-20(33)11-18-14-29-22-7-6-17(12-21(18)22)26(35)32-8-4-5-19(32)15-36-3/h6-7,12,14,19-20,29H,4-5,8-11,13,15-16H2,1-3H3,(H,31,34)/t19-,20-/m0/s1. The number of H-pyrrole nitrogens is 1. The molecule has 3 aliphatic rings. The SMILES string of the molecule is COC[C@@H]1CCCN1C(=O)c1ccc2[nH]cc(C[C@H]3COCCN3c3nc4c(s3)C(=O)NC(C)(C)C4)c2c1. The van der Waals surface area contributed by atoms with Crippen molar-refractivity contribution in [2.75, 3.05) is 44.9 Å². The van der Waals surface area contributed by atoms with Crippen molar-refractivity contribution >= 4 is 39.2 Å². The molecule has 2 atom stereocenters. The fraction of sp³-hybridized carbons (Fsp3) is 0.536. The summed E-state index contributed by atoms with van der Waals surface area (Å²) in [5, 5.41) is 5.02. The van der Waals surface area contributed by atoms with Crippen LogP contribution in [0, 0.1) is 0 Å². The van der Waals surface area contributed by atoms with Gasteiger partial charge in [-0.05, 0) is 56.9 Å². The van der Waals surface area contributed by atoms with E-state index in [1.807, 2.05) is 43.1 Å². The Morgan fingerprint density at radius 1 is 1.29 bits per heavy atom. The molecule has 0 saturated carbocycles. The molecule has 9 nitrogen and oxygen atoms in total. The van der Waals surface area contributed by atoms with Crippen LogP contribution >= 0.6 is 11.3 Å². The molecule has 5 heterocycles. The van der Waals surface area contributed by atoms with Crippen LogP contribution in [-0.2, 0) is 22.3 Å². The smallest absolute Gasteiger partial charge is 0.263 e. The molecule has 1 aromatic carbocycles. The number of methoxy groups -OCH3 is 1. The number of nitrogens with zero attached hydrogens (tertiary/aromatic N) is 3. The summed E-state index contributed by atoms with van der Waals surface area (Å²) < 4.78 is 11.2. The predicted molar refractivity (Wildman–Crippen MR) is 147 cm³/mol. The molecule has 0 aliphatic carbocycles. The van der Waals surface area contributed by atoms with Gasteiger partial charge in [0.15, 0.2) is 5.13 Å². The van der Waals surface area contributed by atoms with Crippen LogP contribution in [0.4, 0.5) is 5.13 Å². The van der Waals surface area contributed by atoms with Crippen LogP contribution in [0.2, 0.25) is 0 Å². The molecule has 0 radical (unpaired) electrons. The Balaban J connectivity index is 1.25. The summed E-state index contributed by atoms with van der Waals surface area (Å²) in [7, 11) is 1.69. The van der Waals surface area contributed by atoms with Gasteiger partial charge in [-0.3, -0.25) is 9.59 Å². The minimum Gasteiger partial charge on any atom is -0.383 e. The molecule has 2 aromatic heterocycles. The van der Waals surface area contributed by atoms with Gasteiger partial charge in [0.2, 0.25) is 0 Å². The molecule has 3 aliphatic heterocycles. The van der Waals surface area contributed by atoms with E-state index >= 15 is 0 Å². The predicted octanol–water partition coefficient (Wildman–Crippen LogP) is 3.39. The fourth-order valence-electron chi connectivity index (χ4n) is 6.03. The molecular formula is C28H35N5O4S. The molecule has 2 fully saturated rings. The van der Waals surface area contributed by atoms with E-state index in [9.17, 15) is 9.59 Å². The Labute approximate surface area is 226 Å². The number of morpholine rings is 1. The third-order valence-electron chi connectivity index (χ3n) is 7.89. The van der Waals surface area contributed by atoms with Crippen LogP contribution in [-0.4, -0.2) is 84.3 Å². The molecule has 2 amide bonds. The minimum atomic E-state index is -0.294. The zero-order chi connectivity index (χ0) is 26.4. The van der Waals surface area contributed by atoms with Crippen molar-refractivity contribution in [3.8, 4) is 0 Å². The van der Waals surface area contributed by atoms with Gasteiger partial charge < -0.3 is 29.6 Å². The number of thiazole rings is 1. The number of hydrogen-bond acceptors (Lipinski definition) is 7. The molecule has 3 aromatic rings. The monoisotopic (exact) mass is 537 g/mol. The molecule has 0 bridgehead atoms. The number of anilines is 1. The lowest BCUT2D eigenvalue weighted by Crippen LogP contribution is -2.48. The topological polar surface area (TPSA) is 99.8 Å². The highest BCUT2D eigenvalue weighted by Gasteiger charge is 2.36. The highest BCUT2D eigenvalue weighted by molar-refractivity contribution is 7.17. The first kappa shape index (κ1) is 25.3. The highest BCUT2D eigenvalue weighted by Crippen LogP contribution is 2.35. The van der Waals surface area contributed by atoms with Crippen LogP contribution in [0.5, 0.6) is 0 Å². The number of carbonyl (C=O) groups excluding carboxylic acids is 2. The largest absolute Gasteiger partial charge is 0.383 e. The van der Waals surface area contributed by atoms with E-state index in [2.05, 4.69) is 15.2 Å². The van der Waals surface area contributed by atoms with Crippen molar-refractivity contribution < 1.29 is 19.1 Å². The molecule has 38 heavy (non-hydrogen) atoms. The average molecular weight is 538 g/mol. The number of benzene rings is 1. The maximum atomic E-state index is 13.4. The number of ether oxygens (including phenoxy) is 2. The molecule has 2 saturated heterocycles. The highest BCUT2D eigenvalue weighted by atomic mass is 32.1. The fourth-order valence-corrected chi connectivity index (χ4v) is 7.11. The molecule has 10 heteroatoms. The van der Waals surface area contributed by atoms with E-state index in [0.717, 1.165) is 66.1 Å². The number of aromatic amines is 1. The third kappa shape index (κ3) is 4.69. The molecule has 6 rings (SSSR count). The van der Waals surface area contributed by atoms with Crippen molar-refractivity contribution in [1.82, 2.24) is 20.2 Å². The number of carbonyl (C=O) groups is 2. The third-order valence-corrected chi connectivity index (χ3v) is 9.03. The zero-order valence-electron chi connectivity index (χ0n) is 22.2. The van der Waals surface area contributed by atoms with Crippen molar-refractivity contribution in [2.24, 2.45) is 0 Å². The molecule has 202 valence electrons. The van der Waals surface area contributed by atoms with Crippen molar-refractivity contribution in [2.45, 2.75) is 57.2 Å². The van der Waals surface area contributed by atoms with Gasteiger partial charge in [0.25, 0.3) is 11.8 Å². The maximum absolute atomic E-state index is 13.4. The summed E-state index contributed by atoms with van der Waals surface area (Å²) in [5.74, 6) is 0.0279. The van der Waals surface area contributed by atoms with E-state index in [-0.39, 0.29) is 29.4 Å². The summed E-state index contributed by atoms with van der Waals surface area (Å²) in [6.45, 7) is 7.34. The van der Waals surface area contributed by atoms with Gasteiger partial charge in [0.05, 0.1) is 37.6 Å². The number of likely N-dealkylation sites (tertiary alicyclic amines) is 1. The van der Waals surface area contributed by atoms with Crippen LogP contribution in [0.1, 0.15) is 58.0 Å². The first-order valence-corrected chi connectivity index (χ1v) is 14.2. The quantitative estimate of drug-likeness (QED) is 0.500. The van der Waals surface area contributed by atoms with Gasteiger partial charge in [-0.2, -0.15) is 0 Å². The average Bonchev–Trinajstić information content (AvgIpc) is 3.62. The van der Waals surface area contributed by atoms with Gasteiger partial charge in [-0.25, -0.2) is 4.98 Å². The number of hydrogen-bond donors (Lipinski definition) is 2. The van der Waals surface area contributed by atoms with Crippen LogP contribution in [0.25, 0.3) is 10.9 Å². The Morgan fingerprint density at radius 3 is 3.00 bits per heavy atom. The minimum absolute atomic E-state index is 0.0376. The van der Waals surface area contributed by atoms with Gasteiger partial charge in [-0.15, -0.1) is 0 Å². The lowest BCUT2D eigenvalue weighted by Gasteiger charge is -2.35. The molecule has 0 spiro atoms. The Hall–Kier alpha value is -2.95. The van der Waals surface area contributed by atoms with Crippen molar-refractivity contribution in [3.05, 3.63) is 46.1 Å². The van der Waals surface area contributed by atoms with Crippen LogP contribution in [0.3, 0.4) is 0 Å².